The molecule has 2 aliphatic heterocycles. The number of nitrogens with one attached hydrogen (secondary N) is 1. The number of guanidine groups is 1. The van der Waals surface area contributed by atoms with Crippen LogP contribution in [-0.2, 0) is 14.3 Å². The second-order valence-corrected chi connectivity index (χ2v) is 8.80. The topological polar surface area (TPSA) is 83.5 Å². The lowest BCUT2D eigenvalue weighted by Gasteiger charge is -2.37. The summed E-state index contributed by atoms with van der Waals surface area (Å²) >= 11 is 0. The van der Waals surface area contributed by atoms with Crippen molar-refractivity contribution < 1.29 is 19.1 Å². The van der Waals surface area contributed by atoms with Crippen molar-refractivity contribution in [3.63, 3.8) is 0 Å². The summed E-state index contributed by atoms with van der Waals surface area (Å²) in [6, 6.07) is 0.0554. The standard InChI is InChI=1S/C21H38N4O4/c1-6-22-19(24-13-10-16(11-14-24)18(26)28-5)23-15-17-9-7-8-12-25(17)20(27)29-21(2,3)4/h16-17H,6-15H2,1-5H3,(H,22,23). The average Bonchev–Trinajstić information content (AvgIpc) is 2.69. The molecule has 2 rings (SSSR count). The van der Waals surface area contributed by atoms with Gasteiger partial charge in [-0.3, -0.25) is 9.79 Å². The van der Waals surface area contributed by atoms with E-state index in [1.54, 1.807) is 0 Å². The van der Waals surface area contributed by atoms with Gasteiger partial charge in [-0.05, 0) is 59.8 Å². The molecule has 1 amide bonds. The second-order valence-electron chi connectivity index (χ2n) is 8.80. The predicted octanol–water partition coefficient (Wildman–Crippen LogP) is 2.63. The van der Waals surface area contributed by atoms with Gasteiger partial charge in [-0.2, -0.15) is 0 Å². The lowest BCUT2D eigenvalue weighted by atomic mass is 9.97. The van der Waals surface area contributed by atoms with E-state index in [4.69, 9.17) is 14.5 Å². The molecule has 1 N–H and O–H groups in total. The van der Waals surface area contributed by atoms with Crippen molar-refractivity contribution in [2.45, 2.75) is 71.4 Å². The second kappa shape index (κ2) is 10.7. The van der Waals surface area contributed by atoms with E-state index in [0.29, 0.717) is 6.54 Å². The van der Waals surface area contributed by atoms with E-state index in [-0.39, 0.29) is 24.0 Å². The summed E-state index contributed by atoms with van der Waals surface area (Å²) in [6.45, 7) is 11.3. The van der Waals surface area contributed by atoms with Crippen molar-refractivity contribution in [1.82, 2.24) is 15.1 Å². The number of hydrogen-bond acceptors (Lipinski definition) is 5. The molecule has 8 nitrogen and oxygen atoms in total. The number of methoxy groups -OCH3 is 1. The van der Waals surface area contributed by atoms with Gasteiger partial charge >= 0.3 is 12.1 Å². The highest BCUT2D eigenvalue weighted by Crippen LogP contribution is 2.22. The Morgan fingerprint density at radius 3 is 2.38 bits per heavy atom. The van der Waals surface area contributed by atoms with Crippen molar-refractivity contribution in [3.8, 4) is 0 Å². The Balaban J connectivity index is 2.00. The van der Waals surface area contributed by atoms with Crippen LogP contribution in [0.15, 0.2) is 4.99 Å². The molecule has 0 bridgehead atoms. The molecule has 0 aromatic heterocycles. The van der Waals surface area contributed by atoms with Crippen LogP contribution in [0, 0.1) is 5.92 Å². The molecular weight excluding hydrogens is 372 g/mol. The van der Waals surface area contributed by atoms with Gasteiger partial charge in [0.15, 0.2) is 5.96 Å². The third-order valence-electron chi connectivity index (χ3n) is 5.37. The van der Waals surface area contributed by atoms with E-state index >= 15 is 0 Å². The maximum absolute atomic E-state index is 12.6. The number of esters is 1. The molecule has 1 unspecified atom stereocenters. The van der Waals surface area contributed by atoms with E-state index in [9.17, 15) is 9.59 Å². The van der Waals surface area contributed by atoms with Gasteiger partial charge in [0.2, 0.25) is 0 Å². The Hall–Kier alpha value is -1.99. The SMILES string of the molecule is CCNC(=NCC1CCCCN1C(=O)OC(C)(C)C)N1CCC(C(=O)OC)CC1. The number of carbonyl (C=O) groups is 2. The molecule has 0 aliphatic carbocycles. The van der Waals surface area contributed by atoms with Crippen LogP contribution >= 0.6 is 0 Å². The van der Waals surface area contributed by atoms with Crippen LogP contribution in [0.2, 0.25) is 0 Å². The molecule has 0 aromatic rings. The van der Waals surface area contributed by atoms with E-state index in [0.717, 1.165) is 64.2 Å². The number of piperidine rings is 2. The van der Waals surface area contributed by atoms with Gasteiger partial charge in [0.1, 0.15) is 5.60 Å². The molecule has 0 spiro atoms. The fraction of sp³-hybridized carbons (Fsp3) is 0.857. The maximum atomic E-state index is 12.6. The summed E-state index contributed by atoms with van der Waals surface area (Å²) in [5.74, 6) is 0.701. The van der Waals surface area contributed by atoms with Crippen molar-refractivity contribution in [2.75, 3.05) is 39.8 Å². The highest BCUT2D eigenvalue weighted by Gasteiger charge is 2.31. The summed E-state index contributed by atoms with van der Waals surface area (Å²) in [5, 5.41) is 3.36. The molecule has 0 radical (unpaired) electrons. The molecule has 2 aliphatic rings. The molecule has 2 fully saturated rings. The summed E-state index contributed by atoms with van der Waals surface area (Å²) in [6.07, 6.45) is 4.32. The smallest absolute Gasteiger partial charge is 0.410 e. The first-order valence-corrected chi connectivity index (χ1v) is 10.9. The number of hydrogen-bond donors (Lipinski definition) is 1. The molecule has 1 atom stereocenters. The first-order chi connectivity index (χ1) is 13.7. The van der Waals surface area contributed by atoms with Crippen LogP contribution in [0.4, 0.5) is 4.79 Å². The zero-order valence-corrected chi connectivity index (χ0v) is 18.7. The van der Waals surface area contributed by atoms with Gasteiger partial charge in [0.05, 0.1) is 25.6 Å². The first kappa shape index (κ1) is 23.3. The first-order valence-electron chi connectivity index (χ1n) is 10.9. The van der Waals surface area contributed by atoms with Gasteiger partial charge in [-0.15, -0.1) is 0 Å². The number of rotatable bonds is 4. The van der Waals surface area contributed by atoms with Crippen LogP contribution in [0.1, 0.15) is 59.8 Å². The van der Waals surface area contributed by atoms with Crippen molar-refractivity contribution in [1.29, 1.82) is 0 Å². The maximum Gasteiger partial charge on any atom is 0.410 e. The Bertz CT molecular complexity index is 580. The molecule has 8 heteroatoms. The fourth-order valence-corrected chi connectivity index (χ4v) is 3.86. The lowest BCUT2D eigenvalue weighted by Crippen LogP contribution is -2.49. The quantitative estimate of drug-likeness (QED) is 0.436. The van der Waals surface area contributed by atoms with Crippen molar-refractivity contribution in [3.05, 3.63) is 0 Å². The van der Waals surface area contributed by atoms with Gasteiger partial charge in [-0.1, -0.05) is 0 Å². The zero-order valence-electron chi connectivity index (χ0n) is 18.7. The molecule has 2 saturated heterocycles. The summed E-state index contributed by atoms with van der Waals surface area (Å²) in [7, 11) is 1.45. The third-order valence-corrected chi connectivity index (χ3v) is 5.37. The van der Waals surface area contributed by atoms with E-state index in [2.05, 4.69) is 10.2 Å². The van der Waals surface area contributed by atoms with Crippen LogP contribution in [0.5, 0.6) is 0 Å². The Kier molecular flexibility index (Phi) is 8.59. The number of ether oxygens (including phenoxy) is 2. The largest absolute Gasteiger partial charge is 0.469 e. The summed E-state index contributed by atoms with van der Waals surface area (Å²) in [4.78, 5) is 33.3. The Morgan fingerprint density at radius 2 is 1.79 bits per heavy atom. The van der Waals surface area contributed by atoms with Gasteiger partial charge in [0.25, 0.3) is 0 Å². The number of nitrogens with zero attached hydrogens (tertiary/aromatic N) is 3. The third kappa shape index (κ3) is 7.08. The lowest BCUT2D eigenvalue weighted by molar-refractivity contribution is -0.146. The van der Waals surface area contributed by atoms with E-state index in [1.165, 1.54) is 7.11 Å². The van der Waals surface area contributed by atoms with Crippen LogP contribution < -0.4 is 5.32 Å². The fourth-order valence-electron chi connectivity index (χ4n) is 3.86. The van der Waals surface area contributed by atoms with Crippen molar-refractivity contribution >= 4 is 18.0 Å². The number of likely N-dealkylation sites (tertiary alicyclic amines) is 2. The number of amides is 1. The van der Waals surface area contributed by atoms with E-state index < -0.39 is 5.60 Å². The summed E-state index contributed by atoms with van der Waals surface area (Å²) < 4.78 is 10.5. The molecular formula is C21H38N4O4. The molecule has 0 aromatic carbocycles. The molecule has 29 heavy (non-hydrogen) atoms. The van der Waals surface area contributed by atoms with Crippen LogP contribution in [0.3, 0.4) is 0 Å². The van der Waals surface area contributed by atoms with E-state index in [1.807, 2.05) is 32.6 Å². The molecule has 0 saturated carbocycles. The highest BCUT2D eigenvalue weighted by molar-refractivity contribution is 5.80. The summed E-state index contributed by atoms with van der Waals surface area (Å²) in [5.41, 5.74) is -0.499. The molecule has 2 heterocycles. The van der Waals surface area contributed by atoms with Crippen LogP contribution in [0.25, 0.3) is 0 Å². The number of carbonyl (C=O) groups excluding carboxylic acids is 2. The van der Waals surface area contributed by atoms with Gasteiger partial charge in [0, 0.05) is 26.2 Å². The van der Waals surface area contributed by atoms with Gasteiger partial charge in [-0.25, -0.2) is 4.79 Å². The Labute approximate surface area is 175 Å². The average molecular weight is 411 g/mol. The van der Waals surface area contributed by atoms with Crippen molar-refractivity contribution in [2.24, 2.45) is 10.9 Å². The highest BCUT2D eigenvalue weighted by atomic mass is 16.6. The monoisotopic (exact) mass is 410 g/mol. The predicted molar refractivity (Wildman–Crippen MR) is 113 cm³/mol. The molecule has 166 valence electrons. The Morgan fingerprint density at radius 1 is 1.10 bits per heavy atom. The normalized spacial score (nSPS) is 21.7. The number of aliphatic imine (C=N–C) groups is 1. The minimum Gasteiger partial charge on any atom is -0.469 e. The zero-order chi connectivity index (χ0) is 21.4. The minimum atomic E-state index is -0.499. The van der Waals surface area contributed by atoms with Gasteiger partial charge < -0.3 is 24.6 Å². The van der Waals surface area contributed by atoms with Crippen LogP contribution in [-0.4, -0.2) is 79.3 Å². The minimum absolute atomic E-state index is 0.0277.